The van der Waals surface area contributed by atoms with E-state index in [9.17, 15) is 9.59 Å². The van der Waals surface area contributed by atoms with Crippen LogP contribution in [0.5, 0.6) is 0 Å². The molecule has 0 saturated heterocycles. The van der Waals surface area contributed by atoms with Crippen molar-refractivity contribution in [2.24, 2.45) is 0 Å². The largest absolute Gasteiger partial charge is 0.461 e. The summed E-state index contributed by atoms with van der Waals surface area (Å²) in [5.74, 6) is -0.871. The summed E-state index contributed by atoms with van der Waals surface area (Å²) in [6.07, 6.45) is 0.110. The van der Waals surface area contributed by atoms with Crippen LogP contribution in [0.15, 0.2) is 0 Å². The van der Waals surface area contributed by atoms with Gasteiger partial charge in [-0.15, -0.1) is 0 Å². The Morgan fingerprint density at radius 3 is 1.83 bits per heavy atom. The maximum atomic E-state index is 11.6. The molecule has 0 bridgehead atoms. The van der Waals surface area contributed by atoms with Crippen LogP contribution in [-0.2, 0) is 19.1 Å². The zero-order valence-corrected chi connectivity index (χ0v) is 13.3. The molecule has 0 aliphatic heterocycles. The van der Waals surface area contributed by atoms with Crippen molar-refractivity contribution >= 4 is 37.2 Å². The van der Waals surface area contributed by atoms with Crippen LogP contribution < -0.4 is 0 Å². The summed E-state index contributed by atoms with van der Waals surface area (Å²) in [4.78, 5) is 23.1. The van der Waals surface area contributed by atoms with Crippen LogP contribution in [0.4, 0.5) is 0 Å². The highest BCUT2D eigenvalue weighted by Gasteiger charge is 2.29. The second-order valence-electron chi connectivity index (χ2n) is 5.15. The van der Waals surface area contributed by atoms with Crippen LogP contribution >= 0.6 is 25.3 Å². The van der Waals surface area contributed by atoms with Crippen LogP contribution in [0.2, 0.25) is 0 Å². The highest BCUT2D eigenvalue weighted by atomic mass is 32.1. The van der Waals surface area contributed by atoms with E-state index in [0.29, 0.717) is 6.42 Å². The lowest BCUT2D eigenvalue weighted by Crippen LogP contribution is -2.35. The lowest BCUT2D eigenvalue weighted by Gasteiger charge is -2.23. The van der Waals surface area contributed by atoms with E-state index in [2.05, 4.69) is 25.3 Å². The maximum absolute atomic E-state index is 11.6. The molecule has 0 aliphatic rings. The molecule has 1 unspecified atom stereocenters. The molecule has 0 fully saturated rings. The molecule has 0 aromatic heterocycles. The summed E-state index contributed by atoms with van der Waals surface area (Å²) >= 11 is 8.23. The summed E-state index contributed by atoms with van der Waals surface area (Å²) in [6, 6.07) is 0. The minimum absolute atomic E-state index is 0.0366. The highest BCUT2D eigenvalue weighted by molar-refractivity contribution is 7.82. The quantitative estimate of drug-likeness (QED) is 0.583. The van der Waals surface area contributed by atoms with Gasteiger partial charge in [-0.2, -0.15) is 25.3 Å². The molecule has 0 rings (SSSR count). The number of rotatable bonds is 6. The van der Waals surface area contributed by atoms with Gasteiger partial charge in [-0.05, 0) is 34.1 Å². The first kappa shape index (κ1) is 17.6. The Hall–Kier alpha value is -0.360. The third kappa shape index (κ3) is 6.54. The molecule has 0 radical (unpaired) electrons. The van der Waals surface area contributed by atoms with E-state index in [1.165, 1.54) is 0 Å². The molecule has 106 valence electrons. The number of esters is 2. The third-order valence-electron chi connectivity index (χ3n) is 2.13. The predicted molar refractivity (Wildman–Crippen MR) is 77.3 cm³/mol. The average molecular weight is 294 g/mol. The van der Waals surface area contributed by atoms with E-state index in [0.717, 1.165) is 0 Å². The van der Waals surface area contributed by atoms with Gasteiger partial charge < -0.3 is 9.47 Å². The molecule has 0 aromatic rings. The van der Waals surface area contributed by atoms with E-state index in [1.807, 2.05) is 6.92 Å². The van der Waals surface area contributed by atoms with Crippen LogP contribution in [0.25, 0.3) is 0 Å². The Bertz CT molecular complexity index is 302. The number of thiol groups is 2. The molecular weight excluding hydrogens is 272 g/mol. The summed E-state index contributed by atoms with van der Waals surface area (Å²) in [6.45, 7) is 8.46. The second-order valence-corrected chi connectivity index (χ2v) is 7.39. The van der Waals surface area contributed by atoms with Gasteiger partial charge in [0.15, 0.2) is 0 Å². The van der Waals surface area contributed by atoms with Gasteiger partial charge in [0.05, 0.1) is 0 Å². The van der Waals surface area contributed by atoms with Gasteiger partial charge in [0.25, 0.3) is 0 Å². The van der Waals surface area contributed by atoms with Crippen LogP contribution in [0, 0.1) is 0 Å². The standard InChI is InChI=1S/C12H22O4S2/c1-6-8(16-10(14)12(4,5)18)7-15-9(13)11(2,3)17/h8,17-18H,6-7H2,1-5H3. The molecule has 0 aliphatic carbocycles. The third-order valence-corrected chi connectivity index (χ3v) is 2.49. The van der Waals surface area contributed by atoms with Gasteiger partial charge in [-0.1, -0.05) is 6.92 Å². The first-order valence-electron chi connectivity index (χ1n) is 5.81. The maximum Gasteiger partial charge on any atom is 0.321 e. The Balaban J connectivity index is 4.30. The summed E-state index contributed by atoms with van der Waals surface area (Å²) in [7, 11) is 0. The van der Waals surface area contributed by atoms with E-state index in [-0.39, 0.29) is 6.61 Å². The fraction of sp³-hybridized carbons (Fsp3) is 0.833. The first-order chi connectivity index (χ1) is 7.98. The number of hydrogen-bond donors (Lipinski definition) is 2. The van der Waals surface area contributed by atoms with Crippen molar-refractivity contribution in [1.29, 1.82) is 0 Å². The normalized spacial score (nSPS) is 13.9. The van der Waals surface area contributed by atoms with Crippen LogP contribution in [-0.4, -0.2) is 34.1 Å². The Kier molecular flexibility index (Phi) is 6.57. The molecule has 1 atom stereocenters. The summed E-state index contributed by atoms with van der Waals surface area (Å²) < 4.78 is 8.55. The summed E-state index contributed by atoms with van der Waals surface area (Å²) in [5.41, 5.74) is 0. The number of hydrogen-bond acceptors (Lipinski definition) is 6. The average Bonchev–Trinajstić information content (AvgIpc) is 2.20. The van der Waals surface area contributed by atoms with E-state index in [1.54, 1.807) is 27.7 Å². The van der Waals surface area contributed by atoms with Gasteiger partial charge in [0.1, 0.15) is 22.2 Å². The van der Waals surface area contributed by atoms with Crippen molar-refractivity contribution in [2.45, 2.75) is 56.6 Å². The Morgan fingerprint density at radius 2 is 1.50 bits per heavy atom. The SMILES string of the molecule is CCC(COC(=O)C(C)(C)S)OC(=O)C(C)(C)S. The first-order valence-corrected chi connectivity index (χ1v) is 6.71. The van der Waals surface area contributed by atoms with E-state index < -0.39 is 27.5 Å². The van der Waals surface area contributed by atoms with Crippen molar-refractivity contribution in [1.82, 2.24) is 0 Å². The van der Waals surface area contributed by atoms with Gasteiger partial charge in [-0.25, -0.2) is 0 Å². The molecule has 18 heavy (non-hydrogen) atoms. The van der Waals surface area contributed by atoms with Gasteiger partial charge in [-0.3, -0.25) is 9.59 Å². The Morgan fingerprint density at radius 1 is 1.06 bits per heavy atom. The lowest BCUT2D eigenvalue weighted by atomic mass is 10.2. The fourth-order valence-corrected chi connectivity index (χ4v) is 0.993. The number of carbonyl (C=O) groups is 2. The van der Waals surface area contributed by atoms with Gasteiger partial charge in [0.2, 0.25) is 0 Å². The second kappa shape index (κ2) is 6.70. The predicted octanol–water partition coefficient (Wildman–Crippen LogP) is 2.27. The molecule has 0 saturated carbocycles. The minimum atomic E-state index is -0.861. The Labute approximate surface area is 120 Å². The molecule has 4 nitrogen and oxygen atoms in total. The molecule has 0 heterocycles. The molecule has 6 heteroatoms. The smallest absolute Gasteiger partial charge is 0.321 e. The van der Waals surface area contributed by atoms with Crippen LogP contribution in [0.3, 0.4) is 0 Å². The number of carbonyl (C=O) groups excluding carboxylic acids is 2. The van der Waals surface area contributed by atoms with E-state index in [4.69, 9.17) is 9.47 Å². The fourth-order valence-electron chi connectivity index (χ4n) is 0.876. The lowest BCUT2D eigenvalue weighted by molar-refractivity contribution is -0.161. The number of ether oxygens (including phenoxy) is 2. The highest BCUT2D eigenvalue weighted by Crippen LogP contribution is 2.17. The van der Waals surface area contributed by atoms with Gasteiger partial charge >= 0.3 is 11.9 Å². The molecular formula is C12H22O4S2. The van der Waals surface area contributed by atoms with Crippen molar-refractivity contribution in [3.63, 3.8) is 0 Å². The monoisotopic (exact) mass is 294 g/mol. The molecule has 0 amide bonds. The van der Waals surface area contributed by atoms with Crippen molar-refractivity contribution in [3.05, 3.63) is 0 Å². The van der Waals surface area contributed by atoms with Gasteiger partial charge in [0, 0.05) is 0 Å². The zero-order valence-electron chi connectivity index (χ0n) is 11.5. The van der Waals surface area contributed by atoms with Crippen molar-refractivity contribution in [3.8, 4) is 0 Å². The topological polar surface area (TPSA) is 52.6 Å². The zero-order chi connectivity index (χ0) is 14.6. The molecule has 0 aromatic carbocycles. The van der Waals surface area contributed by atoms with E-state index >= 15 is 0 Å². The molecule has 0 N–H and O–H groups in total. The van der Waals surface area contributed by atoms with Crippen LogP contribution in [0.1, 0.15) is 41.0 Å². The summed E-state index contributed by atoms with van der Waals surface area (Å²) in [5, 5.41) is 0. The minimum Gasteiger partial charge on any atom is -0.461 e. The van der Waals surface area contributed by atoms with Crippen molar-refractivity contribution in [2.75, 3.05) is 6.61 Å². The van der Waals surface area contributed by atoms with Crippen molar-refractivity contribution < 1.29 is 19.1 Å². The molecule has 0 spiro atoms.